The van der Waals surface area contributed by atoms with Gasteiger partial charge in [-0.3, -0.25) is 9.69 Å². The van der Waals surface area contributed by atoms with E-state index >= 15 is 0 Å². The van der Waals surface area contributed by atoms with Gasteiger partial charge in [0.1, 0.15) is 0 Å². The number of carbonyl (C=O) groups is 2. The highest BCUT2D eigenvalue weighted by Gasteiger charge is 2.32. The molecule has 2 aliphatic heterocycles. The number of hydrogen-bond acceptors (Lipinski definition) is 5. The molecule has 0 radical (unpaired) electrons. The van der Waals surface area contributed by atoms with Crippen molar-refractivity contribution in [3.05, 3.63) is 22.4 Å². The zero-order valence-corrected chi connectivity index (χ0v) is 15.7. The fourth-order valence-electron chi connectivity index (χ4n) is 3.65. The fourth-order valence-corrected chi connectivity index (χ4v) is 4.34. The lowest BCUT2D eigenvalue weighted by molar-refractivity contribution is -0.130. The van der Waals surface area contributed by atoms with Gasteiger partial charge in [0.25, 0.3) is 0 Å². The summed E-state index contributed by atoms with van der Waals surface area (Å²) < 4.78 is 5.10. The van der Waals surface area contributed by atoms with Gasteiger partial charge in [-0.1, -0.05) is 6.07 Å². The molecular weight excluding hydrogens is 338 g/mol. The first-order valence-corrected chi connectivity index (χ1v) is 10.0. The maximum atomic E-state index is 12.5. The van der Waals surface area contributed by atoms with Crippen molar-refractivity contribution in [2.75, 3.05) is 45.9 Å². The summed E-state index contributed by atoms with van der Waals surface area (Å²) >= 11 is 1.64. The zero-order chi connectivity index (χ0) is 17.6. The van der Waals surface area contributed by atoms with Crippen molar-refractivity contribution >= 4 is 23.3 Å². The Labute approximate surface area is 153 Å². The summed E-state index contributed by atoms with van der Waals surface area (Å²) in [5.74, 6) is 0.226. The van der Waals surface area contributed by atoms with Gasteiger partial charge in [-0.25, -0.2) is 4.79 Å². The van der Waals surface area contributed by atoms with Crippen LogP contribution >= 0.6 is 11.3 Å². The van der Waals surface area contributed by atoms with Gasteiger partial charge in [-0.15, -0.1) is 11.3 Å². The molecule has 1 atom stereocenters. The number of rotatable bonds is 4. The molecule has 0 aliphatic carbocycles. The number of thiophene rings is 1. The summed E-state index contributed by atoms with van der Waals surface area (Å²) in [6.45, 7) is 7.24. The molecule has 2 aliphatic rings. The molecule has 6 nitrogen and oxygen atoms in total. The maximum Gasteiger partial charge on any atom is 0.409 e. The van der Waals surface area contributed by atoms with E-state index in [0.29, 0.717) is 19.1 Å². The highest BCUT2D eigenvalue weighted by Crippen LogP contribution is 2.19. The fraction of sp³-hybridized carbons (Fsp3) is 0.667. The Morgan fingerprint density at radius 2 is 2.08 bits per heavy atom. The van der Waals surface area contributed by atoms with Gasteiger partial charge in [0.2, 0.25) is 5.91 Å². The lowest BCUT2D eigenvalue weighted by Crippen LogP contribution is -2.42. The highest BCUT2D eigenvalue weighted by atomic mass is 32.1. The summed E-state index contributed by atoms with van der Waals surface area (Å²) in [7, 11) is 0. The van der Waals surface area contributed by atoms with Crippen molar-refractivity contribution in [1.82, 2.24) is 14.7 Å². The van der Waals surface area contributed by atoms with E-state index in [0.717, 1.165) is 57.0 Å². The van der Waals surface area contributed by atoms with Crippen LogP contribution in [0, 0.1) is 0 Å². The quantitative estimate of drug-likeness (QED) is 0.820. The minimum atomic E-state index is -0.201. The van der Waals surface area contributed by atoms with Crippen LogP contribution in [0.4, 0.5) is 4.79 Å². The number of ether oxygens (including phenoxy) is 1. The summed E-state index contributed by atoms with van der Waals surface area (Å²) in [5, 5.41) is 2.02. The third kappa shape index (κ3) is 4.73. The molecule has 0 saturated carbocycles. The molecule has 2 fully saturated rings. The van der Waals surface area contributed by atoms with E-state index in [4.69, 9.17) is 4.74 Å². The molecule has 25 heavy (non-hydrogen) atoms. The number of hydrogen-bond donors (Lipinski definition) is 0. The number of nitrogens with zero attached hydrogens (tertiary/aromatic N) is 3. The van der Waals surface area contributed by atoms with E-state index in [2.05, 4.69) is 4.90 Å². The molecule has 0 aromatic carbocycles. The predicted molar refractivity (Wildman–Crippen MR) is 97.8 cm³/mol. The van der Waals surface area contributed by atoms with Crippen molar-refractivity contribution in [2.24, 2.45) is 0 Å². The molecule has 1 unspecified atom stereocenters. The summed E-state index contributed by atoms with van der Waals surface area (Å²) in [6, 6.07) is 4.40. The molecule has 2 saturated heterocycles. The molecule has 0 N–H and O–H groups in total. The number of likely N-dealkylation sites (tertiary alicyclic amines) is 1. The van der Waals surface area contributed by atoms with E-state index in [9.17, 15) is 9.59 Å². The average Bonchev–Trinajstić information content (AvgIpc) is 3.23. The largest absolute Gasteiger partial charge is 0.450 e. The third-order valence-electron chi connectivity index (χ3n) is 4.99. The standard InChI is InChI=1S/C18H27N3O3S/c1-2-24-18(23)21-9-6-15(14-21)19-7-4-8-20(11-10-19)17(22)13-16-5-3-12-25-16/h3,5,12,15H,2,4,6-11,13-14H2,1H3. The van der Waals surface area contributed by atoms with Crippen LogP contribution in [-0.4, -0.2) is 78.6 Å². The monoisotopic (exact) mass is 365 g/mol. The first-order valence-electron chi connectivity index (χ1n) is 9.13. The molecule has 1 aromatic rings. The van der Waals surface area contributed by atoms with Crippen LogP contribution in [0.25, 0.3) is 0 Å². The number of amides is 2. The second kappa shape index (κ2) is 8.67. The lowest BCUT2D eigenvalue weighted by Gasteiger charge is -2.27. The predicted octanol–water partition coefficient (Wildman–Crippen LogP) is 2.06. The average molecular weight is 365 g/mol. The van der Waals surface area contributed by atoms with Gasteiger partial charge in [0, 0.05) is 50.2 Å². The Bertz CT molecular complexity index is 578. The Kier molecular flexibility index (Phi) is 6.31. The summed E-state index contributed by atoms with van der Waals surface area (Å²) in [6.07, 6.45) is 2.29. The minimum Gasteiger partial charge on any atom is -0.450 e. The van der Waals surface area contributed by atoms with Crippen molar-refractivity contribution in [3.8, 4) is 0 Å². The van der Waals surface area contributed by atoms with Crippen LogP contribution in [0.15, 0.2) is 17.5 Å². The molecule has 3 rings (SSSR count). The van der Waals surface area contributed by atoms with Crippen LogP contribution in [0.5, 0.6) is 0 Å². The molecule has 0 spiro atoms. The van der Waals surface area contributed by atoms with Crippen molar-refractivity contribution in [1.29, 1.82) is 0 Å². The third-order valence-corrected chi connectivity index (χ3v) is 5.87. The first-order chi connectivity index (χ1) is 12.2. The zero-order valence-electron chi connectivity index (χ0n) is 14.9. The maximum absolute atomic E-state index is 12.5. The van der Waals surface area contributed by atoms with Gasteiger partial charge in [0.15, 0.2) is 0 Å². The molecule has 1 aromatic heterocycles. The van der Waals surface area contributed by atoms with Crippen LogP contribution in [0.3, 0.4) is 0 Å². The van der Waals surface area contributed by atoms with Gasteiger partial charge in [0.05, 0.1) is 13.0 Å². The van der Waals surface area contributed by atoms with E-state index in [1.807, 2.05) is 29.3 Å². The van der Waals surface area contributed by atoms with Gasteiger partial charge >= 0.3 is 6.09 Å². The second-order valence-electron chi connectivity index (χ2n) is 6.61. The van der Waals surface area contributed by atoms with Crippen molar-refractivity contribution in [2.45, 2.75) is 32.2 Å². The van der Waals surface area contributed by atoms with Crippen LogP contribution in [0.2, 0.25) is 0 Å². The molecule has 0 bridgehead atoms. The highest BCUT2D eigenvalue weighted by molar-refractivity contribution is 7.10. The molecule has 7 heteroatoms. The SMILES string of the molecule is CCOC(=O)N1CCC(N2CCCN(C(=O)Cc3cccs3)CC2)C1. The number of carbonyl (C=O) groups excluding carboxylic acids is 2. The summed E-state index contributed by atoms with van der Waals surface area (Å²) in [5.41, 5.74) is 0. The van der Waals surface area contributed by atoms with Gasteiger partial charge < -0.3 is 14.5 Å². The normalized spacial score (nSPS) is 22.0. The van der Waals surface area contributed by atoms with E-state index < -0.39 is 0 Å². The van der Waals surface area contributed by atoms with Crippen LogP contribution in [-0.2, 0) is 16.0 Å². The Hall–Kier alpha value is -1.60. The van der Waals surface area contributed by atoms with E-state index in [1.54, 1.807) is 16.2 Å². The minimum absolute atomic E-state index is 0.201. The van der Waals surface area contributed by atoms with Crippen LogP contribution < -0.4 is 0 Å². The molecular formula is C18H27N3O3S. The lowest BCUT2D eigenvalue weighted by atomic mass is 10.2. The molecule has 2 amide bonds. The Morgan fingerprint density at radius 3 is 2.84 bits per heavy atom. The topological polar surface area (TPSA) is 53.1 Å². The van der Waals surface area contributed by atoms with Gasteiger partial charge in [-0.2, -0.15) is 0 Å². The first kappa shape index (κ1) is 18.2. The second-order valence-corrected chi connectivity index (χ2v) is 7.65. The molecule has 3 heterocycles. The van der Waals surface area contributed by atoms with Gasteiger partial charge in [-0.05, 0) is 31.2 Å². The Morgan fingerprint density at radius 1 is 1.20 bits per heavy atom. The van der Waals surface area contributed by atoms with Crippen LogP contribution in [0.1, 0.15) is 24.6 Å². The van der Waals surface area contributed by atoms with E-state index in [-0.39, 0.29) is 12.0 Å². The van der Waals surface area contributed by atoms with Crippen molar-refractivity contribution in [3.63, 3.8) is 0 Å². The van der Waals surface area contributed by atoms with E-state index in [1.165, 1.54) is 0 Å². The summed E-state index contributed by atoms with van der Waals surface area (Å²) in [4.78, 5) is 31.7. The smallest absolute Gasteiger partial charge is 0.409 e. The Balaban J connectivity index is 1.48. The molecule has 138 valence electrons. The van der Waals surface area contributed by atoms with Crippen molar-refractivity contribution < 1.29 is 14.3 Å².